The van der Waals surface area contributed by atoms with Gasteiger partial charge < -0.3 is 10.2 Å². The Kier molecular flexibility index (Phi) is 3.23. The predicted octanol–water partition coefficient (Wildman–Crippen LogP) is 2.31. The lowest BCUT2D eigenvalue weighted by Gasteiger charge is -2.38. The van der Waals surface area contributed by atoms with E-state index in [1.807, 2.05) is 6.07 Å². The molecule has 1 amide bonds. The summed E-state index contributed by atoms with van der Waals surface area (Å²) >= 11 is 0. The van der Waals surface area contributed by atoms with Gasteiger partial charge in [-0.05, 0) is 37.1 Å². The van der Waals surface area contributed by atoms with Crippen molar-refractivity contribution in [3.8, 4) is 6.07 Å². The average Bonchev–Trinajstić information content (AvgIpc) is 2.73. The molecule has 0 spiro atoms. The minimum atomic E-state index is -0.122. The van der Waals surface area contributed by atoms with Crippen LogP contribution in [0.4, 0.5) is 5.69 Å². The highest BCUT2D eigenvalue weighted by Crippen LogP contribution is 2.40. The van der Waals surface area contributed by atoms with Crippen molar-refractivity contribution >= 4 is 11.6 Å². The maximum atomic E-state index is 11.3. The first-order valence-corrected chi connectivity index (χ1v) is 7.12. The van der Waals surface area contributed by atoms with Crippen LogP contribution in [0.25, 0.3) is 0 Å². The maximum absolute atomic E-state index is 11.3. The molecule has 0 unspecified atom stereocenters. The van der Waals surface area contributed by atoms with Crippen LogP contribution >= 0.6 is 0 Å². The monoisotopic (exact) mass is 269 g/mol. The fraction of sp³-hybridized carbons (Fsp3) is 0.500. The normalized spacial score (nSPS) is 19.1. The first-order chi connectivity index (χ1) is 9.60. The first-order valence-electron chi connectivity index (χ1n) is 7.12. The van der Waals surface area contributed by atoms with E-state index in [2.05, 4.69) is 35.5 Å². The molecule has 1 saturated carbocycles. The van der Waals surface area contributed by atoms with Crippen molar-refractivity contribution in [2.75, 3.05) is 18.9 Å². The van der Waals surface area contributed by atoms with E-state index in [4.69, 9.17) is 0 Å². The predicted molar refractivity (Wildman–Crippen MR) is 77.0 cm³/mol. The van der Waals surface area contributed by atoms with E-state index >= 15 is 0 Å². The second-order valence-electron chi connectivity index (χ2n) is 6.13. The third-order valence-electron chi connectivity index (χ3n) is 4.37. The highest BCUT2D eigenvalue weighted by molar-refractivity contribution is 5.99. The number of hydrogen-bond donors (Lipinski definition) is 1. The van der Waals surface area contributed by atoms with Crippen molar-refractivity contribution in [3.63, 3.8) is 0 Å². The Labute approximate surface area is 119 Å². The van der Waals surface area contributed by atoms with Gasteiger partial charge in [-0.1, -0.05) is 18.6 Å². The van der Waals surface area contributed by atoms with Gasteiger partial charge in [-0.25, -0.2) is 0 Å². The van der Waals surface area contributed by atoms with Crippen LogP contribution in [0, 0.1) is 16.7 Å². The van der Waals surface area contributed by atoms with Crippen LogP contribution in [-0.4, -0.2) is 24.4 Å². The Hall–Kier alpha value is -1.86. The largest absolute Gasteiger partial charge is 0.326 e. The Bertz CT molecular complexity index is 584. The molecule has 0 aromatic heterocycles. The van der Waals surface area contributed by atoms with Gasteiger partial charge in [0.2, 0.25) is 5.91 Å². The molecule has 4 nitrogen and oxygen atoms in total. The molecule has 0 saturated heterocycles. The number of anilines is 1. The summed E-state index contributed by atoms with van der Waals surface area (Å²) in [7, 11) is 2.06. The molecule has 104 valence electrons. The first kappa shape index (κ1) is 13.1. The minimum absolute atomic E-state index is 0.0726. The summed E-state index contributed by atoms with van der Waals surface area (Å²) < 4.78 is 0. The molecule has 1 aromatic carbocycles. The molecule has 1 aliphatic heterocycles. The van der Waals surface area contributed by atoms with Crippen LogP contribution in [0.2, 0.25) is 0 Å². The van der Waals surface area contributed by atoms with Gasteiger partial charge in [0, 0.05) is 18.8 Å². The van der Waals surface area contributed by atoms with Crippen LogP contribution in [-0.2, 0) is 17.8 Å². The Morgan fingerprint density at radius 3 is 2.90 bits per heavy atom. The van der Waals surface area contributed by atoms with Crippen LogP contribution in [0.3, 0.4) is 0 Å². The standard InChI is InChI=1S/C16H19N3O/c1-19(11-16(10-17)5-2-6-16)9-12-3-4-14-13(7-12)8-15(20)18-14/h3-4,7H,2,5-6,8-9,11H2,1H3,(H,18,20). The van der Waals surface area contributed by atoms with Crippen LogP contribution < -0.4 is 5.32 Å². The third kappa shape index (κ3) is 2.41. The van der Waals surface area contributed by atoms with Gasteiger partial charge in [0.05, 0.1) is 17.9 Å². The van der Waals surface area contributed by atoms with Gasteiger partial charge in [-0.3, -0.25) is 4.79 Å². The smallest absolute Gasteiger partial charge is 0.228 e. The summed E-state index contributed by atoms with van der Waals surface area (Å²) in [6, 6.07) is 8.62. The number of amides is 1. The molecule has 2 aliphatic rings. The summed E-state index contributed by atoms with van der Waals surface area (Å²) in [6.45, 7) is 1.66. The van der Waals surface area contributed by atoms with Crippen molar-refractivity contribution in [1.82, 2.24) is 4.90 Å². The van der Waals surface area contributed by atoms with E-state index in [1.165, 1.54) is 12.0 Å². The number of nitrogens with one attached hydrogen (secondary N) is 1. The molecule has 0 radical (unpaired) electrons. The third-order valence-corrected chi connectivity index (χ3v) is 4.37. The number of hydrogen-bond acceptors (Lipinski definition) is 3. The van der Waals surface area contributed by atoms with Gasteiger partial charge in [0.25, 0.3) is 0 Å². The quantitative estimate of drug-likeness (QED) is 0.912. The molecule has 1 heterocycles. The Morgan fingerprint density at radius 1 is 1.45 bits per heavy atom. The number of nitriles is 1. The summed E-state index contributed by atoms with van der Waals surface area (Å²) in [6.07, 6.45) is 3.70. The van der Waals surface area contributed by atoms with Crippen LogP contribution in [0.1, 0.15) is 30.4 Å². The molecule has 4 heteroatoms. The van der Waals surface area contributed by atoms with Gasteiger partial charge in [0.15, 0.2) is 0 Å². The second-order valence-corrected chi connectivity index (χ2v) is 6.13. The molecule has 1 fully saturated rings. The summed E-state index contributed by atoms with van der Waals surface area (Å²) in [5.74, 6) is 0.0726. The van der Waals surface area contributed by atoms with Crippen LogP contribution in [0.15, 0.2) is 18.2 Å². The Morgan fingerprint density at radius 2 is 2.25 bits per heavy atom. The van der Waals surface area contributed by atoms with Gasteiger partial charge >= 0.3 is 0 Å². The molecule has 1 N–H and O–H groups in total. The van der Waals surface area contributed by atoms with Gasteiger partial charge in [-0.2, -0.15) is 5.26 Å². The molecule has 20 heavy (non-hydrogen) atoms. The highest BCUT2D eigenvalue weighted by atomic mass is 16.1. The lowest BCUT2D eigenvalue weighted by molar-refractivity contribution is -0.115. The van der Waals surface area contributed by atoms with E-state index in [-0.39, 0.29) is 11.3 Å². The lowest BCUT2D eigenvalue weighted by atomic mass is 9.69. The molecule has 0 bridgehead atoms. The zero-order valence-corrected chi connectivity index (χ0v) is 11.8. The van der Waals surface area contributed by atoms with E-state index < -0.39 is 0 Å². The van der Waals surface area contributed by atoms with E-state index in [0.717, 1.165) is 37.2 Å². The van der Waals surface area contributed by atoms with Crippen molar-refractivity contribution in [2.24, 2.45) is 5.41 Å². The number of nitrogens with zero attached hydrogens (tertiary/aromatic N) is 2. The maximum Gasteiger partial charge on any atom is 0.228 e. The van der Waals surface area contributed by atoms with Gasteiger partial charge in [-0.15, -0.1) is 0 Å². The molecule has 0 atom stereocenters. The summed E-state index contributed by atoms with van der Waals surface area (Å²) in [4.78, 5) is 13.6. The van der Waals surface area contributed by atoms with Crippen molar-refractivity contribution < 1.29 is 4.79 Å². The molecular weight excluding hydrogens is 250 g/mol. The average molecular weight is 269 g/mol. The lowest BCUT2D eigenvalue weighted by Crippen LogP contribution is -2.39. The Balaban J connectivity index is 1.65. The number of carbonyl (C=O) groups excluding carboxylic acids is 1. The van der Waals surface area contributed by atoms with Crippen molar-refractivity contribution in [2.45, 2.75) is 32.2 Å². The highest BCUT2D eigenvalue weighted by Gasteiger charge is 2.38. The van der Waals surface area contributed by atoms with Crippen molar-refractivity contribution in [1.29, 1.82) is 5.26 Å². The molecule has 1 aliphatic carbocycles. The topological polar surface area (TPSA) is 56.1 Å². The fourth-order valence-corrected chi connectivity index (χ4v) is 3.17. The molecular formula is C16H19N3O. The number of fused-ring (bicyclic) bond motifs is 1. The van der Waals surface area contributed by atoms with E-state index in [0.29, 0.717) is 6.42 Å². The molecule has 1 aromatic rings. The number of benzene rings is 1. The zero-order chi connectivity index (χ0) is 14.2. The van der Waals surface area contributed by atoms with Crippen LogP contribution in [0.5, 0.6) is 0 Å². The SMILES string of the molecule is CN(Cc1ccc2c(c1)CC(=O)N2)CC1(C#N)CCC1. The minimum Gasteiger partial charge on any atom is -0.326 e. The zero-order valence-electron chi connectivity index (χ0n) is 11.8. The van der Waals surface area contributed by atoms with E-state index in [1.54, 1.807) is 0 Å². The number of rotatable bonds is 4. The van der Waals surface area contributed by atoms with Gasteiger partial charge in [0.1, 0.15) is 0 Å². The second kappa shape index (κ2) is 4.92. The fourth-order valence-electron chi connectivity index (χ4n) is 3.17. The van der Waals surface area contributed by atoms with Crippen molar-refractivity contribution in [3.05, 3.63) is 29.3 Å². The number of carbonyl (C=O) groups is 1. The summed E-state index contributed by atoms with van der Waals surface area (Å²) in [5.41, 5.74) is 3.10. The van der Waals surface area contributed by atoms with E-state index in [9.17, 15) is 10.1 Å². The molecule has 3 rings (SSSR count). The summed E-state index contributed by atoms with van der Waals surface area (Å²) in [5, 5.41) is 12.1.